The summed E-state index contributed by atoms with van der Waals surface area (Å²) >= 11 is 0. The van der Waals surface area contributed by atoms with Gasteiger partial charge >= 0.3 is 5.97 Å². The molecule has 5 nitrogen and oxygen atoms in total. The molecule has 0 aromatic heterocycles. The third-order valence-corrected chi connectivity index (χ3v) is 2.68. The lowest BCUT2D eigenvalue weighted by atomic mass is 10.1. The molecule has 0 fully saturated rings. The molecule has 3 N–H and O–H groups in total. The minimum atomic E-state index is -1.68. The quantitative estimate of drug-likeness (QED) is 0.519. The number of carboxylic acid groups (broad SMARTS) is 1. The Bertz CT molecular complexity index is 217. The highest BCUT2D eigenvalue weighted by Crippen LogP contribution is 2.00. The number of aliphatic hydroxyl groups is 1. The molecular formula is C11H24N2O3. The van der Waals surface area contributed by atoms with E-state index in [9.17, 15) is 9.90 Å². The Morgan fingerprint density at radius 1 is 1.50 bits per heavy atom. The summed E-state index contributed by atoms with van der Waals surface area (Å²) in [5, 5.41) is 21.0. The third kappa shape index (κ3) is 6.05. The average Bonchev–Trinajstić information content (AvgIpc) is 2.16. The first-order chi connectivity index (χ1) is 7.27. The second-order valence-electron chi connectivity index (χ2n) is 4.68. The standard InChI is InChI=1S/C11H24N2O3/c1-9(2)13(4)7-5-6-12-8-11(3,16)10(14)15/h9,12,16H,5-8H2,1-4H3,(H,14,15). The van der Waals surface area contributed by atoms with E-state index in [0.717, 1.165) is 13.0 Å². The van der Waals surface area contributed by atoms with Crippen molar-refractivity contribution in [1.82, 2.24) is 10.2 Å². The van der Waals surface area contributed by atoms with Crippen LogP contribution < -0.4 is 5.32 Å². The molecule has 0 bridgehead atoms. The highest BCUT2D eigenvalue weighted by molar-refractivity contribution is 5.76. The molecule has 16 heavy (non-hydrogen) atoms. The number of carboxylic acids is 1. The van der Waals surface area contributed by atoms with Gasteiger partial charge in [0.25, 0.3) is 0 Å². The Morgan fingerprint density at radius 3 is 2.50 bits per heavy atom. The molecule has 0 amide bonds. The van der Waals surface area contributed by atoms with Crippen molar-refractivity contribution < 1.29 is 15.0 Å². The Balaban J connectivity index is 3.58. The van der Waals surface area contributed by atoms with Crippen molar-refractivity contribution in [2.45, 2.75) is 38.8 Å². The van der Waals surface area contributed by atoms with E-state index >= 15 is 0 Å². The van der Waals surface area contributed by atoms with Crippen LogP contribution in [0.5, 0.6) is 0 Å². The summed E-state index contributed by atoms with van der Waals surface area (Å²) < 4.78 is 0. The van der Waals surface area contributed by atoms with Crippen LogP contribution in [0.4, 0.5) is 0 Å². The molecule has 0 aliphatic heterocycles. The van der Waals surface area contributed by atoms with E-state index in [-0.39, 0.29) is 6.54 Å². The minimum Gasteiger partial charge on any atom is -0.479 e. The lowest BCUT2D eigenvalue weighted by molar-refractivity contribution is -0.156. The van der Waals surface area contributed by atoms with Gasteiger partial charge in [-0.2, -0.15) is 0 Å². The van der Waals surface area contributed by atoms with Crippen molar-refractivity contribution in [1.29, 1.82) is 0 Å². The van der Waals surface area contributed by atoms with Crippen LogP contribution in [0.3, 0.4) is 0 Å². The molecule has 5 heteroatoms. The Kier molecular flexibility index (Phi) is 6.55. The topological polar surface area (TPSA) is 72.8 Å². The molecular weight excluding hydrogens is 208 g/mol. The zero-order chi connectivity index (χ0) is 12.8. The first kappa shape index (κ1) is 15.3. The zero-order valence-corrected chi connectivity index (χ0v) is 10.7. The average molecular weight is 232 g/mol. The molecule has 0 rings (SSSR count). The van der Waals surface area contributed by atoms with Gasteiger partial charge in [-0.05, 0) is 47.3 Å². The summed E-state index contributed by atoms with van der Waals surface area (Å²) in [4.78, 5) is 12.8. The fourth-order valence-corrected chi connectivity index (χ4v) is 1.12. The van der Waals surface area contributed by atoms with Crippen LogP contribution in [0, 0.1) is 0 Å². The molecule has 0 saturated carbocycles. The number of nitrogens with zero attached hydrogens (tertiary/aromatic N) is 1. The van der Waals surface area contributed by atoms with Gasteiger partial charge < -0.3 is 20.4 Å². The first-order valence-electron chi connectivity index (χ1n) is 5.64. The van der Waals surface area contributed by atoms with E-state index in [0.29, 0.717) is 12.6 Å². The van der Waals surface area contributed by atoms with Gasteiger partial charge in [0.2, 0.25) is 0 Å². The van der Waals surface area contributed by atoms with Crippen molar-refractivity contribution in [2.75, 3.05) is 26.7 Å². The van der Waals surface area contributed by atoms with Crippen LogP contribution in [0.2, 0.25) is 0 Å². The van der Waals surface area contributed by atoms with Crippen LogP contribution in [0.25, 0.3) is 0 Å². The van der Waals surface area contributed by atoms with Crippen molar-refractivity contribution in [3.05, 3.63) is 0 Å². The van der Waals surface area contributed by atoms with Crippen molar-refractivity contribution >= 4 is 5.97 Å². The van der Waals surface area contributed by atoms with Gasteiger partial charge in [-0.1, -0.05) is 0 Å². The number of hydrogen-bond acceptors (Lipinski definition) is 4. The largest absolute Gasteiger partial charge is 0.479 e. The highest BCUT2D eigenvalue weighted by Gasteiger charge is 2.28. The Morgan fingerprint density at radius 2 is 2.06 bits per heavy atom. The smallest absolute Gasteiger partial charge is 0.336 e. The summed E-state index contributed by atoms with van der Waals surface area (Å²) in [7, 11) is 2.05. The van der Waals surface area contributed by atoms with Gasteiger partial charge in [-0.25, -0.2) is 4.79 Å². The Labute approximate surface area is 97.4 Å². The first-order valence-corrected chi connectivity index (χ1v) is 5.64. The van der Waals surface area contributed by atoms with E-state index in [1.807, 2.05) is 0 Å². The normalized spacial score (nSPS) is 15.4. The van der Waals surface area contributed by atoms with Gasteiger partial charge in [-0.15, -0.1) is 0 Å². The van der Waals surface area contributed by atoms with Crippen LogP contribution in [-0.4, -0.2) is 59.4 Å². The molecule has 0 heterocycles. The molecule has 1 unspecified atom stereocenters. The van der Waals surface area contributed by atoms with Gasteiger partial charge in [0.1, 0.15) is 0 Å². The maximum atomic E-state index is 10.6. The molecule has 1 atom stereocenters. The number of carbonyl (C=O) groups is 1. The molecule has 0 aliphatic carbocycles. The predicted molar refractivity (Wildman–Crippen MR) is 63.5 cm³/mol. The number of rotatable bonds is 8. The van der Waals surface area contributed by atoms with Gasteiger partial charge in [0.15, 0.2) is 5.60 Å². The van der Waals surface area contributed by atoms with E-state index in [4.69, 9.17) is 5.11 Å². The predicted octanol–water partition coefficient (Wildman–Crippen LogP) is 0.142. The van der Waals surface area contributed by atoms with Crippen molar-refractivity contribution in [3.63, 3.8) is 0 Å². The van der Waals surface area contributed by atoms with Gasteiger partial charge in [-0.3, -0.25) is 0 Å². The summed E-state index contributed by atoms with van der Waals surface area (Å²) in [6.07, 6.45) is 0.935. The summed E-state index contributed by atoms with van der Waals surface area (Å²) in [5.74, 6) is -1.20. The monoisotopic (exact) mass is 232 g/mol. The van der Waals surface area contributed by atoms with E-state index in [1.54, 1.807) is 0 Å². The van der Waals surface area contributed by atoms with Crippen LogP contribution in [-0.2, 0) is 4.79 Å². The molecule has 0 aromatic carbocycles. The second-order valence-corrected chi connectivity index (χ2v) is 4.68. The number of hydrogen-bond donors (Lipinski definition) is 3. The summed E-state index contributed by atoms with van der Waals surface area (Å²) in [6, 6.07) is 0.516. The minimum absolute atomic E-state index is 0.0771. The zero-order valence-electron chi connectivity index (χ0n) is 10.7. The van der Waals surface area contributed by atoms with E-state index < -0.39 is 11.6 Å². The third-order valence-electron chi connectivity index (χ3n) is 2.68. The SMILES string of the molecule is CC(C)N(C)CCCNCC(C)(O)C(=O)O. The fraction of sp³-hybridized carbons (Fsp3) is 0.909. The molecule has 0 aromatic rings. The molecule has 0 saturated heterocycles. The van der Waals surface area contributed by atoms with Gasteiger partial charge in [0.05, 0.1) is 0 Å². The van der Waals surface area contributed by atoms with Gasteiger partial charge in [0, 0.05) is 12.6 Å². The van der Waals surface area contributed by atoms with E-state index in [2.05, 4.69) is 31.1 Å². The molecule has 0 spiro atoms. The van der Waals surface area contributed by atoms with Crippen molar-refractivity contribution in [2.24, 2.45) is 0 Å². The highest BCUT2D eigenvalue weighted by atomic mass is 16.4. The number of aliphatic carboxylic acids is 1. The van der Waals surface area contributed by atoms with E-state index in [1.165, 1.54) is 6.92 Å². The summed E-state index contributed by atoms with van der Waals surface area (Å²) in [6.45, 7) is 7.29. The molecule has 96 valence electrons. The molecule has 0 radical (unpaired) electrons. The Hall–Kier alpha value is -0.650. The lowest BCUT2D eigenvalue weighted by Crippen LogP contribution is -2.45. The maximum absolute atomic E-state index is 10.6. The number of nitrogens with one attached hydrogen (secondary N) is 1. The summed E-state index contributed by atoms with van der Waals surface area (Å²) in [5.41, 5.74) is -1.68. The second kappa shape index (κ2) is 6.83. The molecule has 0 aliphatic rings. The van der Waals surface area contributed by atoms with Crippen LogP contribution >= 0.6 is 0 Å². The van der Waals surface area contributed by atoms with Crippen LogP contribution in [0.1, 0.15) is 27.2 Å². The van der Waals surface area contributed by atoms with Crippen molar-refractivity contribution in [3.8, 4) is 0 Å². The fourth-order valence-electron chi connectivity index (χ4n) is 1.12. The van der Waals surface area contributed by atoms with Crippen LogP contribution in [0.15, 0.2) is 0 Å². The maximum Gasteiger partial charge on any atom is 0.336 e. The lowest BCUT2D eigenvalue weighted by Gasteiger charge is -2.22.